The molecule has 1 aliphatic heterocycles. The fraction of sp³-hybridized carbons (Fsp3) is 0.333. The van der Waals surface area contributed by atoms with Gasteiger partial charge in [-0.1, -0.05) is 18.2 Å². The third-order valence-corrected chi connectivity index (χ3v) is 4.44. The van der Waals surface area contributed by atoms with Gasteiger partial charge in [-0.25, -0.2) is 0 Å². The van der Waals surface area contributed by atoms with Crippen molar-refractivity contribution in [3.05, 3.63) is 54.6 Å². The number of morpholine rings is 1. The molecule has 2 amide bonds. The van der Waals surface area contributed by atoms with Crippen LogP contribution in [0, 0.1) is 0 Å². The topological polar surface area (TPSA) is 71.1 Å². The number of benzene rings is 2. The minimum absolute atomic E-state index is 0.0395. The van der Waals surface area contributed by atoms with Crippen LogP contribution in [0.1, 0.15) is 0 Å². The largest absolute Gasteiger partial charge is 0.484 e. The van der Waals surface area contributed by atoms with Gasteiger partial charge >= 0.3 is 0 Å². The number of carbonyl (C=O) groups excluding carboxylic acids is 2. The van der Waals surface area contributed by atoms with Gasteiger partial charge in [-0.05, 0) is 36.4 Å². The number of likely N-dealkylation sites (N-methyl/N-ethyl adjacent to an activating group) is 1. The van der Waals surface area contributed by atoms with E-state index in [0.717, 1.165) is 32.0 Å². The van der Waals surface area contributed by atoms with Crippen LogP contribution in [-0.2, 0) is 14.3 Å². The first-order valence-corrected chi connectivity index (χ1v) is 9.26. The molecular weight excluding hydrogens is 358 g/mol. The molecule has 148 valence electrons. The molecule has 0 radical (unpaired) electrons. The summed E-state index contributed by atoms with van der Waals surface area (Å²) in [6.45, 7) is 3.04. The minimum atomic E-state index is -0.262. The highest BCUT2D eigenvalue weighted by atomic mass is 16.5. The van der Waals surface area contributed by atoms with Crippen molar-refractivity contribution < 1.29 is 19.1 Å². The van der Waals surface area contributed by atoms with Crippen LogP contribution >= 0.6 is 0 Å². The van der Waals surface area contributed by atoms with Gasteiger partial charge in [-0.15, -0.1) is 0 Å². The molecule has 0 unspecified atom stereocenters. The number of carbonyl (C=O) groups is 2. The van der Waals surface area contributed by atoms with Gasteiger partial charge in [0.1, 0.15) is 5.75 Å². The Kier molecular flexibility index (Phi) is 6.86. The Morgan fingerprint density at radius 2 is 1.75 bits per heavy atom. The van der Waals surface area contributed by atoms with E-state index in [4.69, 9.17) is 9.47 Å². The highest BCUT2D eigenvalue weighted by molar-refractivity contribution is 5.94. The molecule has 1 saturated heterocycles. The maximum Gasteiger partial charge on any atom is 0.260 e. The Morgan fingerprint density at radius 1 is 1.07 bits per heavy atom. The Labute approximate surface area is 164 Å². The average Bonchev–Trinajstić information content (AvgIpc) is 2.74. The van der Waals surface area contributed by atoms with E-state index in [0.29, 0.717) is 11.4 Å². The summed E-state index contributed by atoms with van der Waals surface area (Å²) in [6.07, 6.45) is 0. The molecule has 7 heteroatoms. The number of anilines is 2. The number of hydrogen-bond donors (Lipinski definition) is 1. The summed E-state index contributed by atoms with van der Waals surface area (Å²) in [4.78, 5) is 27.9. The molecule has 1 fully saturated rings. The third kappa shape index (κ3) is 5.72. The summed E-state index contributed by atoms with van der Waals surface area (Å²) < 4.78 is 10.8. The van der Waals surface area contributed by atoms with Crippen molar-refractivity contribution in [2.75, 3.05) is 56.7 Å². The number of para-hydroxylation sites is 1. The summed E-state index contributed by atoms with van der Waals surface area (Å²) in [5, 5.41) is 2.81. The predicted octanol–water partition coefficient (Wildman–Crippen LogP) is 2.00. The van der Waals surface area contributed by atoms with Crippen LogP contribution in [-0.4, -0.2) is 63.2 Å². The van der Waals surface area contributed by atoms with Gasteiger partial charge in [0.25, 0.3) is 5.91 Å². The van der Waals surface area contributed by atoms with Gasteiger partial charge in [-0.3, -0.25) is 9.59 Å². The first-order valence-electron chi connectivity index (χ1n) is 9.26. The number of rotatable bonds is 7. The van der Waals surface area contributed by atoms with E-state index >= 15 is 0 Å². The smallest absolute Gasteiger partial charge is 0.260 e. The predicted molar refractivity (Wildman–Crippen MR) is 108 cm³/mol. The number of hydrogen-bond acceptors (Lipinski definition) is 5. The van der Waals surface area contributed by atoms with Gasteiger partial charge < -0.3 is 24.6 Å². The number of nitrogens with one attached hydrogen (secondary N) is 1. The van der Waals surface area contributed by atoms with Gasteiger partial charge in [0.05, 0.1) is 19.8 Å². The van der Waals surface area contributed by atoms with Crippen molar-refractivity contribution in [2.45, 2.75) is 0 Å². The zero-order valence-corrected chi connectivity index (χ0v) is 16.0. The van der Waals surface area contributed by atoms with E-state index in [1.54, 1.807) is 19.2 Å². The van der Waals surface area contributed by atoms with Crippen molar-refractivity contribution in [3.63, 3.8) is 0 Å². The Balaban J connectivity index is 1.44. The summed E-state index contributed by atoms with van der Waals surface area (Å²) in [5.41, 5.74) is 1.80. The highest BCUT2D eigenvalue weighted by Gasteiger charge is 2.15. The molecule has 1 heterocycles. The standard InChI is InChI=1S/C21H25N3O4/c1-23(21(26)16-28-19-5-3-2-4-6-19)15-20(25)22-17-7-9-18(10-8-17)24-11-13-27-14-12-24/h2-10H,11-16H2,1H3,(H,22,25). The van der Waals surface area contributed by atoms with E-state index in [1.165, 1.54) is 4.90 Å². The summed E-state index contributed by atoms with van der Waals surface area (Å²) in [5.74, 6) is 0.102. The monoisotopic (exact) mass is 383 g/mol. The average molecular weight is 383 g/mol. The molecule has 2 aromatic carbocycles. The van der Waals surface area contributed by atoms with Crippen molar-refractivity contribution in [2.24, 2.45) is 0 Å². The normalized spacial score (nSPS) is 13.7. The van der Waals surface area contributed by atoms with Gasteiger partial charge in [0, 0.05) is 31.5 Å². The molecule has 0 atom stereocenters. The second-order valence-corrected chi connectivity index (χ2v) is 6.55. The Bertz CT molecular complexity index is 774. The summed E-state index contributed by atoms with van der Waals surface area (Å²) in [6, 6.07) is 16.8. The van der Waals surface area contributed by atoms with E-state index in [1.807, 2.05) is 42.5 Å². The molecule has 1 N–H and O–H groups in total. The maximum atomic E-state index is 12.2. The molecular formula is C21H25N3O4. The molecule has 0 bridgehead atoms. The quantitative estimate of drug-likeness (QED) is 0.792. The molecule has 28 heavy (non-hydrogen) atoms. The first kappa shape index (κ1) is 19.7. The molecule has 0 spiro atoms. The third-order valence-electron chi connectivity index (χ3n) is 4.44. The van der Waals surface area contributed by atoms with Crippen LogP contribution in [0.4, 0.5) is 11.4 Å². The fourth-order valence-corrected chi connectivity index (χ4v) is 2.85. The molecule has 2 aromatic rings. The van der Waals surface area contributed by atoms with Crippen LogP contribution in [0.3, 0.4) is 0 Å². The van der Waals surface area contributed by atoms with Crippen molar-refractivity contribution >= 4 is 23.2 Å². The second kappa shape index (κ2) is 9.75. The van der Waals surface area contributed by atoms with Crippen molar-refractivity contribution in [3.8, 4) is 5.75 Å². The van der Waals surface area contributed by atoms with Gasteiger partial charge in [-0.2, -0.15) is 0 Å². The SMILES string of the molecule is CN(CC(=O)Nc1ccc(N2CCOCC2)cc1)C(=O)COc1ccccc1. The summed E-state index contributed by atoms with van der Waals surface area (Å²) in [7, 11) is 1.58. The Hall–Kier alpha value is -3.06. The fourth-order valence-electron chi connectivity index (χ4n) is 2.85. The highest BCUT2D eigenvalue weighted by Crippen LogP contribution is 2.19. The minimum Gasteiger partial charge on any atom is -0.484 e. The lowest BCUT2D eigenvalue weighted by molar-refractivity contribution is -0.135. The lowest BCUT2D eigenvalue weighted by atomic mass is 10.2. The van der Waals surface area contributed by atoms with E-state index in [-0.39, 0.29) is 25.0 Å². The zero-order valence-electron chi connectivity index (χ0n) is 16.0. The number of ether oxygens (including phenoxy) is 2. The number of nitrogens with zero attached hydrogens (tertiary/aromatic N) is 2. The van der Waals surface area contributed by atoms with Gasteiger partial charge in [0.15, 0.2) is 6.61 Å². The van der Waals surface area contributed by atoms with Gasteiger partial charge in [0.2, 0.25) is 5.91 Å². The van der Waals surface area contributed by atoms with E-state index < -0.39 is 0 Å². The molecule has 3 rings (SSSR count). The molecule has 0 aliphatic carbocycles. The second-order valence-electron chi connectivity index (χ2n) is 6.55. The van der Waals surface area contributed by atoms with Crippen LogP contribution in [0.15, 0.2) is 54.6 Å². The molecule has 0 saturated carbocycles. The van der Waals surface area contributed by atoms with Crippen LogP contribution in [0.25, 0.3) is 0 Å². The van der Waals surface area contributed by atoms with Crippen LogP contribution < -0.4 is 15.0 Å². The lowest BCUT2D eigenvalue weighted by Gasteiger charge is -2.28. The molecule has 1 aliphatic rings. The summed E-state index contributed by atoms with van der Waals surface area (Å²) >= 11 is 0. The lowest BCUT2D eigenvalue weighted by Crippen LogP contribution is -2.37. The van der Waals surface area contributed by atoms with Crippen LogP contribution in [0.2, 0.25) is 0 Å². The van der Waals surface area contributed by atoms with Crippen molar-refractivity contribution in [1.82, 2.24) is 4.90 Å². The van der Waals surface area contributed by atoms with Crippen LogP contribution in [0.5, 0.6) is 5.75 Å². The molecule has 0 aromatic heterocycles. The molecule has 7 nitrogen and oxygen atoms in total. The Morgan fingerprint density at radius 3 is 2.43 bits per heavy atom. The van der Waals surface area contributed by atoms with Crippen molar-refractivity contribution in [1.29, 1.82) is 0 Å². The van der Waals surface area contributed by atoms with E-state index in [9.17, 15) is 9.59 Å². The van der Waals surface area contributed by atoms with E-state index in [2.05, 4.69) is 10.2 Å². The number of amides is 2. The zero-order chi connectivity index (χ0) is 19.8. The maximum absolute atomic E-state index is 12.2. The first-order chi connectivity index (χ1) is 13.6.